The molecule has 0 amide bonds. The van der Waals surface area contributed by atoms with Crippen molar-refractivity contribution < 1.29 is 27.2 Å². The van der Waals surface area contributed by atoms with Crippen LogP contribution in [0.25, 0.3) is 0 Å². The van der Waals surface area contributed by atoms with Crippen LogP contribution in [0.15, 0.2) is 48.5 Å². The van der Waals surface area contributed by atoms with E-state index in [4.69, 9.17) is 14.0 Å². The molecule has 0 spiro atoms. The zero-order chi connectivity index (χ0) is 21.4. The molecule has 2 fully saturated rings. The van der Waals surface area contributed by atoms with Crippen LogP contribution in [0.5, 0.6) is 11.5 Å². The summed E-state index contributed by atoms with van der Waals surface area (Å²) in [5.41, 5.74) is -0.346. The fourth-order valence-corrected chi connectivity index (χ4v) is 5.00. The number of benzene rings is 2. The monoisotopic (exact) mass is 416 g/mol. The number of hydrogen-bond donors (Lipinski definition) is 0. The smallest absolute Gasteiger partial charge is 0.501 e. The topological polar surface area (TPSA) is 27.7 Å². The van der Waals surface area contributed by atoms with E-state index in [1.54, 1.807) is 24.3 Å². The highest BCUT2D eigenvalue weighted by Gasteiger charge is 2.57. The van der Waals surface area contributed by atoms with Gasteiger partial charge in [0.05, 0.1) is 33.3 Å². The van der Waals surface area contributed by atoms with E-state index in [-0.39, 0.29) is 5.60 Å². The second-order valence-electron chi connectivity index (χ2n) is 9.64. The first-order valence-corrected chi connectivity index (χ1v) is 10.5. The van der Waals surface area contributed by atoms with E-state index in [9.17, 15) is 8.78 Å². The first-order chi connectivity index (χ1) is 14.2. The summed E-state index contributed by atoms with van der Waals surface area (Å²) < 4.78 is 46.6. The van der Waals surface area contributed by atoms with Gasteiger partial charge in [0.15, 0.2) is 0 Å². The van der Waals surface area contributed by atoms with E-state index in [0.29, 0.717) is 23.3 Å². The van der Waals surface area contributed by atoms with Crippen LogP contribution in [0.4, 0.5) is 8.78 Å². The maximum absolute atomic E-state index is 13.7. The van der Waals surface area contributed by atoms with E-state index in [2.05, 4.69) is 21.1 Å². The minimum atomic E-state index is -1.10. The SMILES string of the molecule is C[N+](C)(C)CC1CC2CCC1(OB(Oc1cccc(F)c1)Oc1cccc(F)c1)C2. The Kier molecular flexibility index (Phi) is 5.77. The molecule has 2 aromatic rings. The van der Waals surface area contributed by atoms with Gasteiger partial charge in [-0.05, 0) is 55.9 Å². The molecular weight excluding hydrogens is 387 g/mol. The van der Waals surface area contributed by atoms with Gasteiger partial charge in [-0.15, -0.1) is 0 Å². The van der Waals surface area contributed by atoms with Crippen LogP contribution in [0.1, 0.15) is 25.7 Å². The van der Waals surface area contributed by atoms with E-state index in [1.165, 1.54) is 24.3 Å². The van der Waals surface area contributed by atoms with Crippen molar-refractivity contribution >= 4 is 7.32 Å². The molecule has 4 rings (SSSR count). The van der Waals surface area contributed by atoms with Crippen molar-refractivity contribution in [3.63, 3.8) is 0 Å². The Morgan fingerprint density at radius 1 is 1.00 bits per heavy atom. The van der Waals surface area contributed by atoms with Gasteiger partial charge < -0.3 is 18.4 Å². The molecule has 2 aromatic carbocycles. The second-order valence-corrected chi connectivity index (χ2v) is 9.64. The lowest BCUT2D eigenvalue weighted by Gasteiger charge is -2.39. The number of quaternary nitrogens is 1. The van der Waals surface area contributed by atoms with Crippen LogP contribution < -0.4 is 9.31 Å². The van der Waals surface area contributed by atoms with Crippen molar-refractivity contribution in [2.24, 2.45) is 11.8 Å². The Labute approximate surface area is 177 Å². The Morgan fingerprint density at radius 3 is 2.10 bits per heavy atom. The lowest BCUT2D eigenvalue weighted by molar-refractivity contribution is -0.874. The van der Waals surface area contributed by atoms with Crippen LogP contribution in [0.2, 0.25) is 0 Å². The van der Waals surface area contributed by atoms with Gasteiger partial charge in [-0.25, -0.2) is 8.78 Å². The van der Waals surface area contributed by atoms with E-state index < -0.39 is 19.0 Å². The highest BCUT2D eigenvalue weighted by atomic mass is 19.1. The largest absolute Gasteiger partial charge is 0.788 e. The summed E-state index contributed by atoms with van der Waals surface area (Å²) in [6, 6.07) is 11.7. The molecule has 0 heterocycles. The van der Waals surface area contributed by atoms with Crippen LogP contribution in [-0.2, 0) is 4.65 Å². The fourth-order valence-electron chi connectivity index (χ4n) is 5.00. The highest BCUT2D eigenvalue weighted by molar-refractivity contribution is 6.38. The molecule has 0 radical (unpaired) electrons. The van der Waals surface area contributed by atoms with Crippen LogP contribution in [-0.4, -0.2) is 45.1 Å². The van der Waals surface area contributed by atoms with Gasteiger partial charge in [0.1, 0.15) is 23.1 Å². The maximum atomic E-state index is 13.7. The van der Waals surface area contributed by atoms with Gasteiger partial charge in [0, 0.05) is 18.1 Å². The predicted octanol–water partition coefficient (Wildman–Crippen LogP) is 4.69. The molecule has 2 bridgehead atoms. The standard InChI is InChI=1S/C23H29BF2NO3/c1-27(2,3)16-18-12-17-10-11-23(18,15-17)30-24(28-21-8-4-6-19(25)13-21)29-22-9-5-7-20(26)14-22/h4-9,13-14,17-18H,10-12,15-16H2,1-3H3/q+1. The molecule has 2 aliphatic rings. The summed E-state index contributed by atoms with van der Waals surface area (Å²) in [7, 11) is 5.46. The summed E-state index contributed by atoms with van der Waals surface area (Å²) in [5.74, 6) is 0.836. The zero-order valence-corrected chi connectivity index (χ0v) is 17.8. The average molecular weight is 416 g/mol. The average Bonchev–Trinajstić information content (AvgIpc) is 3.17. The van der Waals surface area contributed by atoms with Crippen molar-refractivity contribution in [1.29, 1.82) is 0 Å². The third kappa shape index (κ3) is 4.95. The highest BCUT2D eigenvalue weighted by Crippen LogP contribution is 2.54. The summed E-state index contributed by atoms with van der Waals surface area (Å²) in [6.07, 6.45) is 4.16. The van der Waals surface area contributed by atoms with Gasteiger partial charge in [-0.2, -0.15) is 0 Å². The molecule has 3 atom stereocenters. The number of halogens is 2. The molecule has 30 heavy (non-hydrogen) atoms. The Hall–Kier alpha value is -2.12. The summed E-state index contributed by atoms with van der Waals surface area (Å²) in [6.45, 7) is 0.989. The van der Waals surface area contributed by atoms with Gasteiger partial charge in [-0.1, -0.05) is 12.1 Å². The summed E-state index contributed by atoms with van der Waals surface area (Å²) >= 11 is 0. The molecule has 0 saturated heterocycles. The second kappa shape index (κ2) is 8.19. The zero-order valence-electron chi connectivity index (χ0n) is 17.8. The first kappa shape index (κ1) is 21.1. The van der Waals surface area contributed by atoms with Crippen LogP contribution in [0, 0.1) is 23.5 Å². The molecule has 2 saturated carbocycles. The van der Waals surface area contributed by atoms with Crippen molar-refractivity contribution in [1.82, 2.24) is 0 Å². The number of hydrogen-bond acceptors (Lipinski definition) is 3. The quantitative estimate of drug-likeness (QED) is 0.462. The molecule has 7 heteroatoms. The maximum Gasteiger partial charge on any atom is 0.788 e. The number of fused-ring (bicyclic) bond motifs is 2. The van der Waals surface area contributed by atoms with Gasteiger partial charge in [0.25, 0.3) is 0 Å². The lowest BCUT2D eigenvalue weighted by atomic mass is 9.83. The van der Waals surface area contributed by atoms with E-state index in [1.807, 2.05) is 0 Å². The van der Waals surface area contributed by atoms with Crippen LogP contribution >= 0.6 is 0 Å². The molecule has 2 aliphatic carbocycles. The molecule has 0 N–H and O–H groups in total. The van der Waals surface area contributed by atoms with Gasteiger partial charge in [0.2, 0.25) is 0 Å². The van der Waals surface area contributed by atoms with Gasteiger partial charge in [-0.3, -0.25) is 0 Å². The molecule has 3 unspecified atom stereocenters. The molecule has 160 valence electrons. The van der Waals surface area contributed by atoms with Crippen LogP contribution in [0.3, 0.4) is 0 Å². The molecular formula is C23H29BF2NO3+. The molecule has 4 nitrogen and oxygen atoms in total. The Bertz CT molecular complexity index is 843. The first-order valence-electron chi connectivity index (χ1n) is 10.5. The van der Waals surface area contributed by atoms with Crippen molar-refractivity contribution in [2.75, 3.05) is 27.7 Å². The lowest BCUT2D eigenvalue weighted by Crippen LogP contribution is -2.51. The Morgan fingerprint density at radius 2 is 1.60 bits per heavy atom. The minimum Gasteiger partial charge on any atom is -0.501 e. The van der Waals surface area contributed by atoms with E-state index in [0.717, 1.165) is 36.7 Å². The van der Waals surface area contributed by atoms with E-state index >= 15 is 0 Å². The fraction of sp³-hybridized carbons (Fsp3) is 0.478. The molecule has 0 aromatic heterocycles. The molecule has 0 aliphatic heterocycles. The van der Waals surface area contributed by atoms with Crippen molar-refractivity contribution in [3.05, 3.63) is 60.2 Å². The Balaban J connectivity index is 1.58. The third-order valence-electron chi connectivity index (χ3n) is 6.13. The van der Waals surface area contributed by atoms with Gasteiger partial charge >= 0.3 is 7.32 Å². The summed E-state index contributed by atoms with van der Waals surface area (Å²) in [4.78, 5) is 0. The predicted molar refractivity (Wildman–Crippen MR) is 112 cm³/mol. The van der Waals surface area contributed by atoms with Crippen molar-refractivity contribution in [2.45, 2.75) is 31.3 Å². The number of nitrogens with zero attached hydrogens (tertiary/aromatic N) is 1. The number of rotatable bonds is 8. The summed E-state index contributed by atoms with van der Waals surface area (Å²) in [5, 5.41) is 0. The third-order valence-corrected chi connectivity index (χ3v) is 6.13. The van der Waals surface area contributed by atoms with Crippen molar-refractivity contribution in [3.8, 4) is 11.5 Å². The minimum absolute atomic E-state index is 0.309. The normalized spacial score (nSPS) is 25.4.